The van der Waals surface area contributed by atoms with Crippen LogP contribution in [0.4, 0.5) is 20.2 Å². The van der Waals surface area contributed by atoms with Gasteiger partial charge in [0.1, 0.15) is 11.6 Å². The lowest BCUT2D eigenvalue weighted by Crippen LogP contribution is -2.36. The molecule has 8 heteroatoms. The van der Waals surface area contributed by atoms with E-state index in [0.717, 1.165) is 43.8 Å². The SMILES string of the molecule is COC1CCN(c2ccc(NS(=O)(=O)Cc3cc(F)cc(F)c3)cc2)CC1. The molecule has 0 amide bonds. The molecule has 27 heavy (non-hydrogen) atoms. The molecule has 0 radical (unpaired) electrons. The molecule has 0 aliphatic carbocycles. The Morgan fingerprint density at radius 3 is 2.22 bits per heavy atom. The Morgan fingerprint density at radius 1 is 1.07 bits per heavy atom. The van der Waals surface area contributed by atoms with Crippen LogP contribution in [0, 0.1) is 11.6 Å². The molecular formula is C19H22F2N2O3S. The first kappa shape index (κ1) is 19.6. The van der Waals surface area contributed by atoms with Crippen molar-refractivity contribution in [1.29, 1.82) is 0 Å². The summed E-state index contributed by atoms with van der Waals surface area (Å²) < 4.78 is 58.8. The Morgan fingerprint density at radius 2 is 1.67 bits per heavy atom. The molecule has 0 unspecified atom stereocenters. The van der Waals surface area contributed by atoms with Crippen LogP contribution < -0.4 is 9.62 Å². The zero-order valence-corrected chi connectivity index (χ0v) is 15.8. The van der Waals surface area contributed by atoms with Gasteiger partial charge in [-0.1, -0.05) is 0 Å². The van der Waals surface area contributed by atoms with E-state index >= 15 is 0 Å². The van der Waals surface area contributed by atoms with E-state index in [1.54, 1.807) is 19.2 Å². The van der Waals surface area contributed by atoms with Gasteiger partial charge in [-0.25, -0.2) is 17.2 Å². The molecule has 0 saturated carbocycles. The number of methoxy groups -OCH3 is 1. The minimum Gasteiger partial charge on any atom is -0.381 e. The van der Waals surface area contributed by atoms with Crippen LogP contribution in [0.15, 0.2) is 42.5 Å². The van der Waals surface area contributed by atoms with E-state index in [1.165, 1.54) is 0 Å². The first-order valence-corrected chi connectivity index (χ1v) is 10.3. The van der Waals surface area contributed by atoms with Gasteiger partial charge in [0.2, 0.25) is 10.0 Å². The second-order valence-electron chi connectivity index (χ2n) is 6.61. The summed E-state index contributed by atoms with van der Waals surface area (Å²) in [5, 5.41) is 0. The highest BCUT2D eigenvalue weighted by Gasteiger charge is 2.19. The van der Waals surface area contributed by atoms with Crippen LogP contribution in [0.25, 0.3) is 0 Å². The van der Waals surface area contributed by atoms with Crippen molar-refractivity contribution in [2.24, 2.45) is 0 Å². The van der Waals surface area contributed by atoms with Crippen LogP contribution in [-0.2, 0) is 20.5 Å². The molecule has 5 nitrogen and oxygen atoms in total. The number of hydrogen-bond donors (Lipinski definition) is 1. The van der Waals surface area contributed by atoms with Gasteiger partial charge in [0.15, 0.2) is 0 Å². The molecule has 1 aliphatic heterocycles. The van der Waals surface area contributed by atoms with Gasteiger partial charge < -0.3 is 9.64 Å². The molecule has 1 fully saturated rings. The van der Waals surface area contributed by atoms with E-state index in [2.05, 4.69) is 9.62 Å². The second kappa shape index (κ2) is 8.22. The average molecular weight is 396 g/mol. The van der Waals surface area contributed by atoms with E-state index in [9.17, 15) is 17.2 Å². The van der Waals surface area contributed by atoms with Crippen molar-refractivity contribution in [3.8, 4) is 0 Å². The summed E-state index contributed by atoms with van der Waals surface area (Å²) in [5.41, 5.74) is 1.47. The fourth-order valence-electron chi connectivity index (χ4n) is 3.22. The minimum absolute atomic E-state index is 0.0534. The number of sulfonamides is 1. The number of anilines is 2. The normalized spacial score (nSPS) is 15.7. The van der Waals surface area contributed by atoms with Crippen molar-refractivity contribution in [2.75, 3.05) is 29.8 Å². The van der Waals surface area contributed by atoms with E-state index in [-0.39, 0.29) is 5.56 Å². The van der Waals surface area contributed by atoms with Gasteiger partial charge in [0, 0.05) is 37.6 Å². The lowest BCUT2D eigenvalue weighted by molar-refractivity contribution is 0.0819. The zero-order valence-electron chi connectivity index (χ0n) is 15.0. The third kappa shape index (κ3) is 5.40. The zero-order chi connectivity index (χ0) is 19.4. The number of hydrogen-bond acceptors (Lipinski definition) is 4. The van der Waals surface area contributed by atoms with E-state index in [4.69, 9.17) is 4.74 Å². The maximum absolute atomic E-state index is 13.2. The van der Waals surface area contributed by atoms with Gasteiger partial charge in [-0.05, 0) is 54.8 Å². The van der Waals surface area contributed by atoms with Crippen molar-refractivity contribution in [3.63, 3.8) is 0 Å². The summed E-state index contributed by atoms with van der Waals surface area (Å²) in [5.74, 6) is -2.11. The average Bonchev–Trinajstić information content (AvgIpc) is 2.61. The van der Waals surface area contributed by atoms with Gasteiger partial charge in [-0.2, -0.15) is 0 Å². The van der Waals surface area contributed by atoms with Gasteiger partial charge in [0.25, 0.3) is 0 Å². The highest BCUT2D eigenvalue weighted by atomic mass is 32.2. The molecule has 3 rings (SSSR count). The number of benzene rings is 2. The molecule has 2 aromatic carbocycles. The van der Waals surface area contributed by atoms with E-state index in [1.807, 2.05) is 12.1 Å². The van der Waals surface area contributed by atoms with Crippen LogP contribution in [0.2, 0.25) is 0 Å². The van der Waals surface area contributed by atoms with Crippen molar-refractivity contribution < 1.29 is 21.9 Å². The van der Waals surface area contributed by atoms with Gasteiger partial charge in [0.05, 0.1) is 11.9 Å². The molecule has 1 saturated heterocycles. The number of piperidine rings is 1. The van der Waals surface area contributed by atoms with Crippen molar-refractivity contribution in [2.45, 2.75) is 24.7 Å². The minimum atomic E-state index is -3.78. The van der Waals surface area contributed by atoms with Crippen molar-refractivity contribution in [3.05, 3.63) is 59.7 Å². The third-order valence-corrected chi connectivity index (χ3v) is 5.82. The molecule has 0 atom stereocenters. The Balaban J connectivity index is 1.63. The number of halogens is 2. The largest absolute Gasteiger partial charge is 0.381 e. The van der Waals surface area contributed by atoms with Crippen LogP contribution in [0.1, 0.15) is 18.4 Å². The molecule has 1 N–H and O–H groups in total. The predicted molar refractivity (Wildman–Crippen MR) is 101 cm³/mol. The number of nitrogens with one attached hydrogen (secondary N) is 1. The molecule has 1 aliphatic rings. The Bertz CT molecular complexity index is 860. The first-order valence-electron chi connectivity index (χ1n) is 8.68. The molecule has 0 spiro atoms. The van der Waals surface area contributed by atoms with Crippen LogP contribution in [0.5, 0.6) is 0 Å². The number of nitrogens with zero attached hydrogens (tertiary/aromatic N) is 1. The number of rotatable bonds is 6. The Labute approximate surface area is 158 Å². The van der Waals surface area contributed by atoms with E-state index in [0.29, 0.717) is 17.9 Å². The van der Waals surface area contributed by atoms with Crippen LogP contribution in [-0.4, -0.2) is 34.7 Å². The summed E-state index contributed by atoms with van der Waals surface area (Å²) in [7, 11) is -2.06. The molecule has 146 valence electrons. The second-order valence-corrected chi connectivity index (χ2v) is 8.33. The maximum Gasteiger partial charge on any atom is 0.236 e. The smallest absolute Gasteiger partial charge is 0.236 e. The topological polar surface area (TPSA) is 58.6 Å². The fraction of sp³-hybridized carbons (Fsp3) is 0.368. The summed E-state index contributed by atoms with van der Waals surface area (Å²) in [6.07, 6.45) is 2.20. The van der Waals surface area contributed by atoms with Crippen molar-refractivity contribution >= 4 is 21.4 Å². The molecule has 1 heterocycles. The number of ether oxygens (including phenoxy) is 1. The third-order valence-electron chi connectivity index (χ3n) is 4.56. The van der Waals surface area contributed by atoms with E-state index < -0.39 is 27.4 Å². The lowest BCUT2D eigenvalue weighted by atomic mass is 10.1. The maximum atomic E-state index is 13.2. The fourth-order valence-corrected chi connectivity index (χ4v) is 4.39. The standard InChI is InChI=1S/C19H22F2N2O3S/c1-26-19-6-8-23(9-7-19)18-4-2-17(3-5-18)22-27(24,25)13-14-10-15(20)12-16(21)11-14/h2-5,10-12,19,22H,6-9,13H2,1H3. The monoisotopic (exact) mass is 396 g/mol. The molecular weight excluding hydrogens is 374 g/mol. The summed E-state index contributed by atoms with van der Waals surface area (Å²) >= 11 is 0. The summed E-state index contributed by atoms with van der Waals surface area (Å²) in [4.78, 5) is 2.23. The lowest BCUT2D eigenvalue weighted by Gasteiger charge is -2.33. The highest BCUT2D eigenvalue weighted by Crippen LogP contribution is 2.23. The van der Waals surface area contributed by atoms with Gasteiger partial charge in [-0.15, -0.1) is 0 Å². The quantitative estimate of drug-likeness (QED) is 0.812. The molecule has 0 aromatic heterocycles. The van der Waals surface area contributed by atoms with Crippen molar-refractivity contribution in [1.82, 2.24) is 0 Å². The van der Waals surface area contributed by atoms with Crippen LogP contribution >= 0.6 is 0 Å². The van der Waals surface area contributed by atoms with Gasteiger partial charge in [-0.3, -0.25) is 4.72 Å². The van der Waals surface area contributed by atoms with Gasteiger partial charge >= 0.3 is 0 Å². The summed E-state index contributed by atoms with van der Waals surface area (Å²) in [6, 6.07) is 9.80. The van der Waals surface area contributed by atoms with Crippen LogP contribution in [0.3, 0.4) is 0 Å². The first-order chi connectivity index (χ1) is 12.8. The Hall–Kier alpha value is -2.19. The Kier molecular flexibility index (Phi) is 5.96. The summed E-state index contributed by atoms with van der Waals surface area (Å²) in [6.45, 7) is 1.77. The molecule has 0 bridgehead atoms. The highest BCUT2D eigenvalue weighted by molar-refractivity contribution is 7.91. The predicted octanol–water partition coefficient (Wildman–Crippen LogP) is 3.52. The molecule has 2 aromatic rings.